The van der Waals surface area contributed by atoms with E-state index in [1.807, 2.05) is 6.92 Å². The molecule has 2 rings (SSSR count). The zero-order valence-corrected chi connectivity index (χ0v) is 14.6. The number of nitrogens with one attached hydrogen (secondary N) is 1. The first kappa shape index (κ1) is 17.7. The molecule has 0 aliphatic heterocycles. The van der Waals surface area contributed by atoms with Crippen LogP contribution in [0.15, 0.2) is 24.3 Å². The highest BCUT2D eigenvalue weighted by molar-refractivity contribution is 7.16. The molecule has 24 heavy (non-hydrogen) atoms. The maximum Gasteiger partial charge on any atom is 0.341 e. The van der Waals surface area contributed by atoms with Crippen molar-refractivity contribution < 1.29 is 23.9 Å². The SMILES string of the molecule is COC(=O)c1ccc(C(=O)Nc2sc(C)c(C)c2C(=O)OC)cc1. The predicted molar refractivity (Wildman–Crippen MR) is 90.9 cm³/mol. The molecule has 7 heteroatoms. The summed E-state index contributed by atoms with van der Waals surface area (Å²) in [5, 5.41) is 3.17. The maximum atomic E-state index is 12.4. The third kappa shape index (κ3) is 3.46. The van der Waals surface area contributed by atoms with Crippen LogP contribution in [-0.2, 0) is 9.47 Å². The molecule has 1 aromatic heterocycles. The predicted octanol–water partition coefficient (Wildman–Crippen LogP) is 3.19. The molecule has 0 radical (unpaired) electrons. The summed E-state index contributed by atoms with van der Waals surface area (Å²) in [7, 11) is 2.59. The van der Waals surface area contributed by atoms with E-state index in [0.717, 1.165) is 10.4 Å². The Morgan fingerprint density at radius 1 is 0.917 bits per heavy atom. The number of amides is 1. The van der Waals surface area contributed by atoms with Gasteiger partial charge in [-0.05, 0) is 43.7 Å². The Hall–Kier alpha value is -2.67. The van der Waals surface area contributed by atoms with Crippen LogP contribution in [0.3, 0.4) is 0 Å². The number of aryl methyl sites for hydroxylation is 1. The standard InChI is InChI=1S/C17H17NO5S/c1-9-10(2)24-15(13(9)17(21)23-4)18-14(19)11-5-7-12(8-6-11)16(20)22-3/h5-8H,1-4H3,(H,18,19). The molecule has 0 spiro atoms. The van der Waals surface area contributed by atoms with Crippen LogP contribution in [0.25, 0.3) is 0 Å². The van der Waals surface area contributed by atoms with E-state index in [1.54, 1.807) is 6.92 Å². The number of hydrogen-bond acceptors (Lipinski definition) is 6. The molecule has 2 aromatic rings. The van der Waals surface area contributed by atoms with E-state index in [2.05, 4.69) is 10.1 Å². The Morgan fingerprint density at radius 2 is 1.46 bits per heavy atom. The fourth-order valence-corrected chi connectivity index (χ4v) is 3.16. The van der Waals surface area contributed by atoms with Gasteiger partial charge in [-0.15, -0.1) is 11.3 Å². The molecule has 0 saturated heterocycles. The first-order valence-corrected chi connectivity index (χ1v) is 7.88. The lowest BCUT2D eigenvalue weighted by Gasteiger charge is -2.07. The van der Waals surface area contributed by atoms with Crippen molar-refractivity contribution in [3.63, 3.8) is 0 Å². The van der Waals surface area contributed by atoms with Crippen molar-refractivity contribution in [3.8, 4) is 0 Å². The molecule has 0 aliphatic rings. The van der Waals surface area contributed by atoms with E-state index in [-0.39, 0.29) is 5.91 Å². The maximum absolute atomic E-state index is 12.4. The van der Waals surface area contributed by atoms with Gasteiger partial charge in [0, 0.05) is 10.4 Å². The Bertz CT molecular complexity index is 792. The van der Waals surface area contributed by atoms with E-state index in [4.69, 9.17) is 4.74 Å². The second-order valence-corrected chi connectivity index (χ2v) is 6.23. The molecule has 0 unspecified atom stereocenters. The number of carbonyl (C=O) groups excluding carboxylic acids is 3. The van der Waals surface area contributed by atoms with Crippen molar-refractivity contribution in [2.75, 3.05) is 19.5 Å². The molecule has 126 valence electrons. The molecule has 0 atom stereocenters. The van der Waals surface area contributed by atoms with Crippen molar-refractivity contribution in [1.29, 1.82) is 0 Å². The lowest BCUT2D eigenvalue weighted by molar-refractivity contribution is 0.0592. The van der Waals surface area contributed by atoms with E-state index < -0.39 is 11.9 Å². The van der Waals surface area contributed by atoms with Crippen molar-refractivity contribution in [2.45, 2.75) is 13.8 Å². The molecule has 1 N–H and O–H groups in total. The van der Waals surface area contributed by atoms with Crippen LogP contribution < -0.4 is 5.32 Å². The highest BCUT2D eigenvalue weighted by Crippen LogP contribution is 2.33. The zero-order chi connectivity index (χ0) is 17.9. The van der Waals surface area contributed by atoms with Gasteiger partial charge in [0.15, 0.2) is 0 Å². The molecular weight excluding hydrogens is 330 g/mol. The van der Waals surface area contributed by atoms with E-state index in [0.29, 0.717) is 21.7 Å². The second kappa shape index (κ2) is 7.27. The number of esters is 2. The van der Waals surface area contributed by atoms with Crippen molar-refractivity contribution >= 4 is 34.2 Å². The van der Waals surface area contributed by atoms with Gasteiger partial charge >= 0.3 is 11.9 Å². The molecule has 6 nitrogen and oxygen atoms in total. The molecule has 0 bridgehead atoms. The van der Waals surface area contributed by atoms with Crippen LogP contribution in [0.2, 0.25) is 0 Å². The largest absolute Gasteiger partial charge is 0.465 e. The molecule has 1 aromatic carbocycles. The van der Waals surface area contributed by atoms with E-state index >= 15 is 0 Å². The van der Waals surface area contributed by atoms with Crippen molar-refractivity contribution in [1.82, 2.24) is 0 Å². The Labute approximate surface area is 143 Å². The summed E-state index contributed by atoms with van der Waals surface area (Å²) in [6.07, 6.45) is 0. The third-order valence-corrected chi connectivity index (χ3v) is 4.69. The molecule has 0 aliphatic carbocycles. The van der Waals surface area contributed by atoms with Crippen molar-refractivity contribution in [3.05, 3.63) is 51.4 Å². The summed E-state index contributed by atoms with van der Waals surface area (Å²) >= 11 is 1.31. The van der Waals surface area contributed by atoms with Gasteiger partial charge in [0.25, 0.3) is 5.91 Å². The Morgan fingerprint density at radius 3 is 2.00 bits per heavy atom. The number of anilines is 1. The lowest BCUT2D eigenvalue weighted by Crippen LogP contribution is -2.14. The zero-order valence-electron chi connectivity index (χ0n) is 13.8. The minimum atomic E-state index is -0.492. The first-order valence-electron chi connectivity index (χ1n) is 7.07. The van der Waals surface area contributed by atoms with Gasteiger partial charge in [0.1, 0.15) is 5.00 Å². The first-order chi connectivity index (χ1) is 11.4. The van der Waals surface area contributed by atoms with Crippen LogP contribution in [-0.4, -0.2) is 32.1 Å². The minimum absolute atomic E-state index is 0.354. The van der Waals surface area contributed by atoms with Gasteiger partial charge in [-0.3, -0.25) is 4.79 Å². The number of benzene rings is 1. The summed E-state index contributed by atoms with van der Waals surface area (Å²) < 4.78 is 9.39. The average molecular weight is 347 g/mol. The van der Waals surface area contributed by atoms with Crippen LogP contribution in [0.5, 0.6) is 0 Å². The average Bonchev–Trinajstić information content (AvgIpc) is 2.87. The highest BCUT2D eigenvalue weighted by Gasteiger charge is 2.22. The number of rotatable bonds is 4. The molecular formula is C17H17NO5S. The minimum Gasteiger partial charge on any atom is -0.465 e. The molecule has 1 amide bonds. The van der Waals surface area contributed by atoms with Crippen LogP contribution in [0.1, 0.15) is 41.5 Å². The quantitative estimate of drug-likeness (QED) is 0.859. The summed E-state index contributed by atoms with van der Waals surface area (Å²) in [5.41, 5.74) is 1.86. The fraction of sp³-hybridized carbons (Fsp3) is 0.235. The normalized spacial score (nSPS) is 10.2. The Kier molecular flexibility index (Phi) is 5.35. The molecule has 0 fully saturated rings. The van der Waals surface area contributed by atoms with Crippen LogP contribution >= 0.6 is 11.3 Å². The van der Waals surface area contributed by atoms with Crippen LogP contribution in [0.4, 0.5) is 5.00 Å². The van der Waals surface area contributed by atoms with Gasteiger partial charge in [-0.2, -0.15) is 0 Å². The number of hydrogen-bond donors (Lipinski definition) is 1. The van der Waals surface area contributed by atoms with Crippen LogP contribution in [0, 0.1) is 13.8 Å². The monoisotopic (exact) mass is 347 g/mol. The van der Waals surface area contributed by atoms with Gasteiger partial charge in [0.05, 0.1) is 25.3 Å². The van der Waals surface area contributed by atoms with Gasteiger partial charge < -0.3 is 14.8 Å². The second-order valence-electron chi connectivity index (χ2n) is 5.00. The topological polar surface area (TPSA) is 81.7 Å². The smallest absolute Gasteiger partial charge is 0.341 e. The summed E-state index contributed by atoms with van der Waals surface area (Å²) in [4.78, 5) is 36.6. The highest BCUT2D eigenvalue weighted by atomic mass is 32.1. The van der Waals surface area contributed by atoms with Gasteiger partial charge in [-0.1, -0.05) is 0 Å². The summed E-state index contributed by atoms with van der Waals surface area (Å²) in [6, 6.07) is 6.05. The van der Waals surface area contributed by atoms with Crippen molar-refractivity contribution in [2.24, 2.45) is 0 Å². The van der Waals surface area contributed by atoms with E-state index in [9.17, 15) is 14.4 Å². The number of ether oxygens (including phenoxy) is 2. The number of carbonyl (C=O) groups is 3. The van der Waals surface area contributed by atoms with Gasteiger partial charge in [0.2, 0.25) is 0 Å². The molecule has 1 heterocycles. The lowest BCUT2D eigenvalue weighted by atomic mass is 10.1. The van der Waals surface area contributed by atoms with E-state index in [1.165, 1.54) is 49.8 Å². The number of methoxy groups -OCH3 is 2. The van der Waals surface area contributed by atoms with Gasteiger partial charge in [-0.25, -0.2) is 9.59 Å². The fourth-order valence-electron chi connectivity index (χ4n) is 2.11. The number of thiophene rings is 1. The summed E-state index contributed by atoms with van der Waals surface area (Å²) in [5.74, 6) is -1.34. The third-order valence-electron chi connectivity index (χ3n) is 3.57. The molecule has 0 saturated carbocycles. The summed E-state index contributed by atoms with van der Waals surface area (Å²) in [6.45, 7) is 3.67. The Balaban J connectivity index is 2.25.